The maximum Gasteiger partial charge on any atom is 0.248 e. The fourth-order valence-corrected chi connectivity index (χ4v) is 2.29. The molecule has 0 radical (unpaired) electrons. The molecule has 1 aliphatic rings. The van der Waals surface area contributed by atoms with Gasteiger partial charge in [-0.2, -0.15) is 0 Å². The summed E-state index contributed by atoms with van der Waals surface area (Å²) in [5.41, 5.74) is -0.830. The molecule has 5 heteroatoms. The topological polar surface area (TPSA) is 58.6 Å². The largest absolute Gasteiger partial charge is 0.380 e. The van der Waals surface area contributed by atoms with E-state index in [0.29, 0.717) is 19.6 Å². The zero-order valence-corrected chi connectivity index (χ0v) is 11.9. The molecule has 0 aliphatic carbocycles. The van der Waals surface area contributed by atoms with Crippen LogP contribution in [0.3, 0.4) is 0 Å². The Hall–Kier alpha value is -1.10. The van der Waals surface area contributed by atoms with Crippen LogP contribution in [-0.2, 0) is 14.3 Å². The van der Waals surface area contributed by atoms with Crippen LogP contribution >= 0.6 is 0 Å². The summed E-state index contributed by atoms with van der Waals surface area (Å²) in [6, 6.07) is -0.478. The van der Waals surface area contributed by atoms with Gasteiger partial charge in [0.1, 0.15) is 11.6 Å². The molecule has 0 saturated carbocycles. The summed E-state index contributed by atoms with van der Waals surface area (Å²) in [7, 11) is 0. The van der Waals surface area contributed by atoms with Crippen LogP contribution in [0.2, 0.25) is 0 Å². The van der Waals surface area contributed by atoms with Gasteiger partial charge in [-0.25, -0.2) is 0 Å². The Kier molecular flexibility index (Phi) is 4.73. The van der Waals surface area contributed by atoms with Crippen LogP contribution in [0.1, 0.15) is 41.0 Å². The minimum Gasteiger partial charge on any atom is -0.380 e. The Morgan fingerprint density at radius 3 is 2.50 bits per heavy atom. The maximum absolute atomic E-state index is 12.4. The highest BCUT2D eigenvalue weighted by Crippen LogP contribution is 2.22. The van der Waals surface area contributed by atoms with E-state index < -0.39 is 5.54 Å². The van der Waals surface area contributed by atoms with Crippen LogP contribution in [0.5, 0.6) is 0 Å². The number of carbonyl (C=O) groups is 2. The number of amides is 2. The van der Waals surface area contributed by atoms with Gasteiger partial charge in [0, 0.05) is 6.61 Å². The first kappa shape index (κ1) is 15.0. The molecule has 2 unspecified atom stereocenters. The minimum atomic E-state index is -0.830. The average Bonchev–Trinajstić information content (AvgIpc) is 2.29. The highest BCUT2D eigenvalue weighted by molar-refractivity contribution is 5.99. The molecule has 1 fully saturated rings. The second kappa shape index (κ2) is 5.69. The zero-order valence-electron chi connectivity index (χ0n) is 11.9. The van der Waals surface area contributed by atoms with Crippen molar-refractivity contribution in [2.45, 2.75) is 58.7 Å². The normalized spacial score (nSPS) is 24.9. The minimum absolute atomic E-state index is 0.0406. The summed E-state index contributed by atoms with van der Waals surface area (Å²) in [5.74, 6) is -0.119. The van der Waals surface area contributed by atoms with Crippen LogP contribution in [0, 0.1) is 0 Å². The van der Waals surface area contributed by atoms with Crippen LogP contribution in [0.4, 0.5) is 0 Å². The molecule has 0 aromatic heterocycles. The number of ether oxygens (including phenoxy) is 1. The Morgan fingerprint density at radius 2 is 2.00 bits per heavy atom. The van der Waals surface area contributed by atoms with Crippen molar-refractivity contribution in [2.24, 2.45) is 0 Å². The lowest BCUT2D eigenvalue weighted by molar-refractivity contribution is -0.157. The van der Waals surface area contributed by atoms with E-state index in [-0.39, 0.29) is 23.9 Å². The SMILES string of the molecule is CCOCC(C)N1C(=O)C(C)(C)NC(=O)C1CC. The molecule has 0 aromatic rings. The molecule has 1 heterocycles. The van der Waals surface area contributed by atoms with Gasteiger partial charge in [-0.3, -0.25) is 9.59 Å². The number of piperazine rings is 1. The summed E-state index contributed by atoms with van der Waals surface area (Å²) in [6.45, 7) is 10.3. The predicted molar refractivity (Wildman–Crippen MR) is 69.1 cm³/mol. The number of hydrogen-bond acceptors (Lipinski definition) is 3. The first-order valence-electron chi connectivity index (χ1n) is 6.57. The van der Waals surface area contributed by atoms with Crippen molar-refractivity contribution in [2.75, 3.05) is 13.2 Å². The second-order valence-electron chi connectivity index (χ2n) is 5.26. The quantitative estimate of drug-likeness (QED) is 0.796. The highest BCUT2D eigenvalue weighted by atomic mass is 16.5. The number of nitrogens with zero attached hydrogens (tertiary/aromatic N) is 1. The van der Waals surface area contributed by atoms with Crippen molar-refractivity contribution in [3.63, 3.8) is 0 Å². The first-order valence-corrected chi connectivity index (χ1v) is 6.57. The van der Waals surface area contributed by atoms with Crippen LogP contribution < -0.4 is 5.32 Å². The van der Waals surface area contributed by atoms with Crippen molar-refractivity contribution >= 4 is 11.8 Å². The Labute approximate surface area is 109 Å². The number of nitrogens with one attached hydrogen (secondary N) is 1. The van der Waals surface area contributed by atoms with Crippen molar-refractivity contribution in [1.82, 2.24) is 10.2 Å². The third-order valence-corrected chi connectivity index (χ3v) is 3.27. The number of carbonyl (C=O) groups excluding carboxylic acids is 2. The second-order valence-corrected chi connectivity index (χ2v) is 5.26. The van der Waals surface area contributed by atoms with E-state index in [9.17, 15) is 9.59 Å². The van der Waals surface area contributed by atoms with Gasteiger partial charge in [0.2, 0.25) is 11.8 Å². The van der Waals surface area contributed by atoms with Gasteiger partial charge in [0.15, 0.2) is 0 Å². The molecule has 2 atom stereocenters. The van der Waals surface area contributed by atoms with E-state index in [1.807, 2.05) is 20.8 Å². The smallest absolute Gasteiger partial charge is 0.248 e. The van der Waals surface area contributed by atoms with Gasteiger partial charge < -0.3 is 15.0 Å². The Morgan fingerprint density at radius 1 is 1.39 bits per heavy atom. The van der Waals surface area contributed by atoms with Gasteiger partial charge in [0.25, 0.3) is 0 Å². The van der Waals surface area contributed by atoms with E-state index in [0.717, 1.165) is 0 Å². The molecule has 0 bridgehead atoms. The van der Waals surface area contributed by atoms with Gasteiger partial charge in [-0.05, 0) is 34.1 Å². The molecule has 0 aromatic carbocycles. The molecule has 1 saturated heterocycles. The van der Waals surface area contributed by atoms with E-state index in [4.69, 9.17) is 4.74 Å². The van der Waals surface area contributed by atoms with Gasteiger partial charge in [0.05, 0.1) is 12.6 Å². The van der Waals surface area contributed by atoms with E-state index in [1.54, 1.807) is 18.7 Å². The summed E-state index contributed by atoms with van der Waals surface area (Å²) in [4.78, 5) is 26.1. The number of rotatable bonds is 5. The molecule has 1 rings (SSSR count). The van der Waals surface area contributed by atoms with Gasteiger partial charge in [-0.15, -0.1) is 0 Å². The molecular formula is C13H24N2O3. The standard InChI is InChI=1S/C13H24N2O3/c1-6-10-11(16)14-13(4,5)12(17)15(10)9(3)8-18-7-2/h9-10H,6-8H2,1-5H3,(H,14,16). The summed E-state index contributed by atoms with van der Waals surface area (Å²) in [6.07, 6.45) is 0.615. The lowest BCUT2D eigenvalue weighted by atomic mass is 9.94. The Balaban J connectivity index is 2.93. The van der Waals surface area contributed by atoms with Crippen molar-refractivity contribution in [3.8, 4) is 0 Å². The molecule has 0 spiro atoms. The predicted octanol–water partition coefficient (Wildman–Crippen LogP) is 0.927. The molecule has 1 N–H and O–H groups in total. The van der Waals surface area contributed by atoms with E-state index in [2.05, 4.69) is 5.32 Å². The third kappa shape index (κ3) is 2.83. The molecular weight excluding hydrogens is 232 g/mol. The molecule has 5 nitrogen and oxygen atoms in total. The van der Waals surface area contributed by atoms with Gasteiger partial charge in [-0.1, -0.05) is 6.92 Å². The van der Waals surface area contributed by atoms with Crippen LogP contribution in [0.15, 0.2) is 0 Å². The molecule has 2 amide bonds. The lowest BCUT2D eigenvalue weighted by Gasteiger charge is -2.45. The average molecular weight is 256 g/mol. The fraction of sp³-hybridized carbons (Fsp3) is 0.846. The molecule has 104 valence electrons. The third-order valence-electron chi connectivity index (χ3n) is 3.27. The van der Waals surface area contributed by atoms with E-state index in [1.165, 1.54) is 0 Å². The lowest BCUT2D eigenvalue weighted by Crippen LogP contribution is -2.70. The fourth-order valence-electron chi connectivity index (χ4n) is 2.29. The maximum atomic E-state index is 12.4. The van der Waals surface area contributed by atoms with E-state index >= 15 is 0 Å². The highest BCUT2D eigenvalue weighted by Gasteiger charge is 2.46. The summed E-state index contributed by atoms with van der Waals surface area (Å²) < 4.78 is 5.37. The van der Waals surface area contributed by atoms with Crippen LogP contribution in [0.25, 0.3) is 0 Å². The van der Waals surface area contributed by atoms with Crippen molar-refractivity contribution in [1.29, 1.82) is 0 Å². The monoisotopic (exact) mass is 256 g/mol. The summed E-state index contributed by atoms with van der Waals surface area (Å²) in [5, 5.41) is 2.78. The molecule has 18 heavy (non-hydrogen) atoms. The first-order chi connectivity index (χ1) is 8.35. The van der Waals surface area contributed by atoms with Crippen LogP contribution in [-0.4, -0.2) is 47.6 Å². The molecule has 1 aliphatic heterocycles. The summed E-state index contributed by atoms with van der Waals surface area (Å²) >= 11 is 0. The van der Waals surface area contributed by atoms with Gasteiger partial charge >= 0.3 is 0 Å². The number of hydrogen-bond donors (Lipinski definition) is 1. The van der Waals surface area contributed by atoms with Crippen molar-refractivity contribution in [3.05, 3.63) is 0 Å². The van der Waals surface area contributed by atoms with Crippen molar-refractivity contribution < 1.29 is 14.3 Å². The Bertz CT molecular complexity index is 328. The zero-order chi connectivity index (χ0) is 13.9.